The first-order valence-corrected chi connectivity index (χ1v) is 13.0. The first-order chi connectivity index (χ1) is 17.3. The lowest BCUT2D eigenvalue weighted by Crippen LogP contribution is -2.52. The van der Waals surface area contributed by atoms with Gasteiger partial charge in [-0.25, -0.2) is 0 Å². The highest BCUT2D eigenvalue weighted by Gasteiger charge is 2.34. The zero-order chi connectivity index (χ0) is 25.7. The molecule has 0 spiro atoms. The Bertz CT molecular complexity index is 1160. The van der Waals surface area contributed by atoms with Gasteiger partial charge in [-0.3, -0.25) is 9.88 Å². The van der Waals surface area contributed by atoms with Crippen molar-refractivity contribution in [1.29, 1.82) is 0 Å². The number of β-amino-alcohol motifs (C(OH)–C–C–N with tert-alkyl or cyclic N) is 1. The molecule has 3 aromatic rings. The van der Waals surface area contributed by atoms with Crippen molar-refractivity contribution in [3.05, 3.63) is 93.2 Å². The molecule has 0 bridgehead atoms. The molecule has 0 aliphatic carbocycles. The van der Waals surface area contributed by atoms with Crippen molar-refractivity contribution in [1.82, 2.24) is 9.88 Å². The second kappa shape index (κ2) is 11.9. The van der Waals surface area contributed by atoms with E-state index in [4.69, 9.17) is 28.3 Å². The minimum atomic E-state index is -1.18. The van der Waals surface area contributed by atoms with E-state index in [0.717, 1.165) is 36.3 Å². The van der Waals surface area contributed by atoms with Crippen LogP contribution in [-0.2, 0) is 18.6 Å². The normalized spacial score (nSPS) is 18.3. The van der Waals surface area contributed by atoms with E-state index in [1.54, 1.807) is 19.1 Å². The SMILES string of the molecule is C[C@@](O)(CN1CCN(c2ccc(CCCO)cc2Cl)[C@H](c2ccc(Cl)cc2)C1)c1cccc(CO)n1. The monoisotopic (exact) mass is 529 g/mol. The van der Waals surface area contributed by atoms with E-state index in [-0.39, 0.29) is 19.3 Å². The Hall–Kier alpha value is -2.19. The van der Waals surface area contributed by atoms with Gasteiger partial charge in [0, 0.05) is 37.8 Å². The fourth-order valence-electron chi connectivity index (χ4n) is 4.85. The summed E-state index contributed by atoms with van der Waals surface area (Å²) in [5, 5.41) is 31.3. The van der Waals surface area contributed by atoms with Crippen LogP contribution in [0.4, 0.5) is 5.69 Å². The molecule has 36 heavy (non-hydrogen) atoms. The second-order valence-corrected chi connectivity index (χ2v) is 10.4. The van der Waals surface area contributed by atoms with Crippen LogP contribution in [0.2, 0.25) is 10.0 Å². The van der Waals surface area contributed by atoms with Crippen molar-refractivity contribution in [2.45, 2.75) is 38.0 Å². The van der Waals surface area contributed by atoms with Gasteiger partial charge in [0.2, 0.25) is 0 Å². The Kier molecular flexibility index (Phi) is 8.88. The summed E-state index contributed by atoms with van der Waals surface area (Å²) in [5.74, 6) is 0. The molecule has 1 fully saturated rings. The molecule has 0 radical (unpaired) electrons. The Morgan fingerprint density at radius 3 is 2.50 bits per heavy atom. The molecule has 1 aromatic heterocycles. The molecule has 1 aliphatic rings. The van der Waals surface area contributed by atoms with Crippen LogP contribution in [-0.4, -0.2) is 58.0 Å². The molecule has 192 valence electrons. The largest absolute Gasteiger partial charge is 0.396 e. The third kappa shape index (κ3) is 6.38. The van der Waals surface area contributed by atoms with Gasteiger partial charge < -0.3 is 20.2 Å². The van der Waals surface area contributed by atoms with E-state index in [2.05, 4.69) is 26.9 Å². The Labute approximate surface area is 222 Å². The molecule has 1 aliphatic heterocycles. The lowest BCUT2D eigenvalue weighted by Gasteiger charge is -2.45. The summed E-state index contributed by atoms with van der Waals surface area (Å²) in [6, 6.07) is 19.4. The fourth-order valence-corrected chi connectivity index (χ4v) is 5.29. The summed E-state index contributed by atoms with van der Waals surface area (Å²) >= 11 is 12.9. The molecule has 0 unspecified atom stereocenters. The van der Waals surface area contributed by atoms with E-state index in [9.17, 15) is 10.2 Å². The lowest BCUT2D eigenvalue weighted by atomic mass is 9.97. The number of rotatable bonds is 9. The van der Waals surface area contributed by atoms with Crippen LogP contribution >= 0.6 is 23.2 Å². The second-order valence-electron chi connectivity index (χ2n) is 9.55. The van der Waals surface area contributed by atoms with Crippen LogP contribution in [0.1, 0.15) is 41.9 Å². The van der Waals surface area contributed by atoms with Crippen molar-refractivity contribution < 1.29 is 15.3 Å². The van der Waals surface area contributed by atoms with Crippen molar-refractivity contribution in [2.75, 3.05) is 37.7 Å². The summed E-state index contributed by atoms with van der Waals surface area (Å²) in [7, 11) is 0. The first kappa shape index (κ1) is 26.9. The molecule has 4 rings (SSSR count). The van der Waals surface area contributed by atoms with Crippen LogP contribution in [0.15, 0.2) is 60.7 Å². The molecule has 2 heterocycles. The Morgan fingerprint density at radius 1 is 1.03 bits per heavy atom. The minimum absolute atomic E-state index is 0.00402. The molecule has 2 aromatic carbocycles. The molecule has 1 saturated heterocycles. The number of piperazine rings is 1. The Morgan fingerprint density at radius 2 is 1.81 bits per heavy atom. The van der Waals surface area contributed by atoms with E-state index >= 15 is 0 Å². The molecular formula is C28H33Cl2N3O3. The van der Waals surface area contributed by atoms with E-state index in [0.29, 0.717) is 40.9 Å². The maximum atomic E-state index is 11.3. The number of benzene rings is 2. The number of aliphatic hydroxyl groups is 3. The van der Waals surface area contributed by atoms with Crippen molar-refractivity contribution >= 4 is 28.9 Å². The molecule has 0 saturated carbocycles. The quantitative estimate of drug-likeness (QED) is 0.376. The molecule has 3 N–H and O–H groups in total. The highest BCUT2D eigenvalue weighted by Crippen LogP contribution is 2.37. The number of pyridine rings is 1. The number of aryl methyl sites for hydroxylation is 1. The van der Waals surface area contributed by atoms with E-state index in [1.807, 2.05) is 36.4 Å². The summed E-state index contributed by atoms with van der Waals surface area (Å²) in [6.45, 7) is 4.30. The van der Waals surface area contributed by atoms with Crippen LogP contribution in [0.3, 0.4) is 0 Å². The average molecular weight is 530 g/mol. The highest BCUT2D eigenvalue weighted by molar-refractivity contribution is 6.33. The van der Waals surface area contributed by atoms with E-state index in [1.165, 1.54) is 0 Å². The topological polar surface area (TPSA) is 80.1 Å². The maximum Gasteiger partial charge on any atom is 0.116 e. The molecule has 0 amide bonds. The van der Waals surface area contributed by atoms with Gasteiger partial charge in [-0.2, -0.15) is 0 Å². The first-order valence-electron chi connectivity index (χ1n) is 12.2. The zero-order valence-corrected chi connectivity index (χ0v) is 22.0. The number of hydrogen-bond acceptors (Lipinski definition) is 6. The van der Waals surface area contributed by atoms with Gasteiger partial charge in [-0.1, -0.05) is 47.5 Å². The number of halogens is 2. The fraction of sp³-hybridized carbons (Fsp3) is 0.393. The molecular weight excluding hydrogens is 497 g/mol. The van der Waals surface area contributed by atoms with Gasteiger partial charge in [-0.15, -0.1) is 0 Å². The van der Waals surface area contributed by atoms with Gasteiger partial charge >= 0.3 is 0 Å². The van der Waals surface area contributed by atoms with Crippen molar-refractivity contribution in [3.8, 4) is 0 Å². The Balaban J connectivity index is 1.59. The lowest BCUT2D eigenvalue weighted by molar-refractivity contribution is 0.00648. The van der Waals surface area contributed by atoms with Gasteiger partial charge in [-0.05, 0) is 67.3 Å². The number of anilines is 1. The van der Waals surface area contributed by atoms with Crippen molar-refractivity contribution in [2.24, 2.45) is 0 Å². The predicted molar refractivity (Wildman–Crippen MR) is 145 cm³/mol. The zero-order valence-electron chi connectivity index (χ0n) is 20.4. The molecule has 2 atom stereocenters. The van der Waals surface area contributed by atoms with E-state index < -0.39 is 5.60 Å². The highest BCUT2D eigenvalue weighted by atomic mass is 35.5. The van der Waals surface area contributed by atoms with Gasteiger partial charge in [0.15, 0.2) is 0 Å². The number of hydrogen-bond donors (Lipinski definition) is 3. The third-order valence-electron chi connectivity index (χ3n) is 6.72. The van der Waals surface area contributed by atoms with Crippen LogP contribution in [0.5, 0.6) is 0 Å². The summed E-state index contributed by atoms with van der Waals surface area (Å²) in [6.07, 6.45) is 1.49. The van der Waals surface area contributed by atoms with Crippen LogP contribution < -0.4 is 4.90 Å². The average Bonchev–Trinajstić information content (AvgIpc) is 2.88. The molecule has 8 heteroatoms. The number of aromatic nitrogens is 1. The maximum absolute atomic E-state index is 11.3. The number of nitrogens with zero attached hydrogens (tertiary/aromatic N) is 3. The van der Waals surface area contributed by atoms with Gasteiger partial charge in [0.25, 0.3) is 0 Å². The summed E-state index contributed by atoms with van der Waals surface area (Å²) in [4.78, 5) is 8.99. The summed E-state index contributed by atoms with van der Waals surface area (Å²) < 4.78 is 0. The summed E-state index contributed by atoms with van der Waals surface area (Å²) in [5.41, 5.74) is 3.09. The minimum Gasteiger partial charge on any atom is -0.396 e. The third-order valence-corrected chi connectivity index (χ3v) is 7.27. The standard InChI is InChI=1S/C28H33Cl2N3O3/c1-28(36,27-6-2-5-23(18-35)31-27)19-32-13-14-33(26(17-32)21-8-10-22(29)11-9-21)25-12-7-20(4-3-15-34)16-24(25)30/h2,5-12,16,26,34-36H,3-4,13-15,17-19H2,1H3/t26-,28+/m0/s1. The van der Waals surface area contributed by atoms with Gasteiger partial charge in [0.05, 0.1) is 34.7 Å². The van der Waals surface area contributed by atoms with Crippen LogP contribution in [0, 0.1) is 0 Å². The number of aliphatic hydroxyl groups excluding tert-OH is 2. The smallest absolute Gasteiger partial charge is 0.116 e. The van der Waals surface area contributed by atoms with Crippen molar-refractivity contribution in [3.63, 3.8) is 0 Å². The van der Waals surface area contributed by atoms with Gasteiger partial charge in [0.1, 0.15) is 5.60 Å². The predicted octanol–water partition coefficient (Wildman–Crippen LogP) is 4.58. The molecule has 6 nitrogen and oxygen atoms in total. The van der Waals surface area contributed by atoms with Crippen LogP contribution in [0.25, 0.3) is 0 Å².